The number of nitrogens with two attached hydrogens (primary N) is 1. The first-order valence-corrected chi connectivity index (χ1v) is 7.57. The maximum absolute atomic E-state index is 10.9. The first-order chi connectivity index (χ1) is 7.50. The summed E-state index contributed by atoms with van der Waals surface area (Å²) in [7, 11) is -0.800. The standard InChI is InChI=1S/C10H13BrN2OS2/c1-16(14)5-4-13-9-6-7(11)2-3-8(9)10(12)15/h2-3,6,13H,4-5H2,1H3,(H2,12,15). The highest BCUT2D eigenvalue weighted by atomic mass is 79.9. The minimum Gasteiger partial charge on any atom is -0.389 e. The van der Waals surface area contributed by atoms with E-state index in [9.17, 15) is 4.21 Å². The fourth-order valence-corrected chi connectivity index (χ4v) is 2.14. The van der Waals surface area contributed by atoms with E-state index < -0.39 is 10.8 Å². The molecule has 0 aromatic heterocycles. The Hall–Kier alpha value is -0.460. The summed E-state index contributed by atoms with van der Waals surface area (Å²) in [6.45, 7) is 0.634. The van der Waals surface area contributed by atoms with E-state index in [0.717, 1.165) is 15.7 Å². The number of thiocarbonyl (C=S) groups is 1. The quantitative estimate of drug-likeness (QED) is 0.813. The van der Waals surface area contributed by atoms with Crippen LogP contribution in [0.4, 0.5) is 5.69 Å². The van der Waals surface area contributed by atoms with Crippen LogP contribution >= 0.6 is 28.1 Å². The van der Waals surface area contributed by atoms with Crippen molar-refractivity contribution in [1.82, 2.24) is 0 Å². The molecule has 0 heterocycles. The Morgan fingerprint density at radius 3 is 2.88 bits per heavy atom. The average molecular weight is 321 g/mol. The lowest BCUT2D eigenvalue weighted by Gasteiger charge is -2.11. The Labute approximate surface area is 111 Å². The van der Waals surface area contributed by atoms with Crippen LogP contribution in [0.2, 0.25) is 0 Å². The third-order valence-corrected chi connectivity index (χ3v) is 3.44. The van der Waals surface area contributed by atoms with Crippen molar-refractivity contribution in [3.63, 3.8) is 0 Å². The second-order valence-corrected chi connectivity index (χ2v) is 6.17. The van der Waals surface area contributed by atoms with Gasteiger partial charge in [-0.15, -0.1) is 0 Å². The normalized spacial score (nSPS) is 12.1. The van der Waals surface area contributed by atoms with Crippen LogP contribution in [0.25, 0.3) is 0 Å². The molecule has 0 fully saturated rings. The highest BCUT2D eigenvalue weighted by Crippen LogP contribution is 2.21. The van der Waals surface area contributed by atoms with E-state index in [2.05, 4.69) is 21.2 Å². The van der Waals surface area contributed by atoms with Gasteiger partial charge in [0.2, 0.25) is 0 Å². The van der Waals surface area contributed by atoms with Gasteiger partial charge in [0.1, 0.15) is 4.99 Å². The second-order valence-electron chi connectivity index (χ2n) is 3.26. The van der Waals surface area contributed by atoms with Crippen molar-refractivity contribution < 1.29 is 4.21 Å². The van der Waals surface area contributed by atoms with Crippen LogP contribution in [0, 0.1) is 0 Å². The van der Waals surface area contributed by atoms with Crippen LogP contribution in [0.5, 0.6) is 0 Å². The minimum absolute atomic E-state index is 0.354. The fraction of sp³-hybridized carbons (Fsp3) is 0.300. The SMILES string of the molecule is CS(=O)CCNc1cc(Br)ccc1C(N)=S. The van der Waals surface area contributed by atoms with Crippen molar-refractivity contribution in [2.45, 2.75) is 0 Å². The Balaban J connectivity index is 2.80. The topological polar surface area (TPSA) is 55.1 Å². The largest absolute Gasteiger partial charge is 0.389 e. The van der Waals surface area contributed by atoms with Gasteiger partial charge in [0.15, 0.2) is 0 Å². The maximum atomic E-state index is 10.9. The molecule has 1 aromatic carbocycles. The molecule has 1 atom stereocenters. The highest BCUT2D eigenvalue weighted by molar-refractivity contribution is 9.10. The molecule has 0 aliphatic carbocycles. The van der Waals surface area contributed by atoms with E-state index in [1.807, 2.05) is 18.2 Å². The second kappa shape index (κ2) is 6.32. The first kappa shape index (κ1) is 13.6. The fourth-order valence-electron chi connectivity index (χ4n) is 1.21. The molecule has 0 amide bonds. The molecule has 1 unspecified atom stereocenters. The zero-order valence-electron chi connectivity index (χ0n) is 8.83. The molecule has 3 nitrogen and oxygen atoms in total. The van der Waals surface area contributed by atoms with Crippen LogP contribution in [-0.4, -0.2) is 27.8 Å². The molecule has 16 heavy (non-hydrogen) atoms. The summed E-state index contributed by atoms with van der Waals surface area (Å²) in [6, 6.07) is 5.66. The van der Waals surface area contributed by atoms with Gasteiger partial charge >= 0.3 is 0 Å². The van der Waals surface area contributed by atoms with Crippen LogP contribution in [0.15, 0.2) is 22.7 Å². The number of rotatable bonds is 5. The first-order valence-electron chi connectivity index (χ1n) is 4.64. The number of benzene rings is 1. The molecule has 88 valence electrons. The predicted octanol–water partition coefficient (Wildman–Crippen LogP) is 1.87. The van der Waals surface area contributed by atoms with Crippen molar-refractivity contribution in [1.29, 1.82) is 0 Å². The number of hydrogen-bond donors (Lipinski definition) is 2. The molecule has 1 aromatic rings. The molecule has 0 saturated carbocycles. The third kappa shape index (κ3) is 4.19. The van der Waals surface area contributed by atoms with E-state index in [4.69, 9.17) is 18.0 Å². The smallest absolute Gasteiger partial charge is 0.106 e. The minimum atomic E-state index is -0.800. The molecule has 6 heteroatoms. The van der Waals surface area contributed by atoms with Crippen molar-refractivity contribution >= 4 is 49.6 Å². The summed E-state index contributed by atoms with van der Waals surface area (Å²) in [5.41, 5.74) is 7.29. The van der Waals surface area contributed by atoms with E-state index in [-0.39, 0.29) is 0 Å². The van der Waals surface area contributed by atoms with Crippen molar-refractivity contribution in [3.8, 4) is 0 Å². The average Bonchev–Trinajstić information content (AvgIpc) is 2.16. The van der Waals surface area contributed by atoms with Crippen LogP contribution in [-0.2, 0) is 10.8 Å². The molecule has 1 rings (SSSR count). The summed E-state index contributed by atoms with van der Waals surface area (Å²) in [6.07, 6.45) is 1.68. The summed E-state index contributed by atoms with van der Waals surface area (Å²) >= 11 is 8.34. The number of halogens is 1. The van der Waals surface area contributed by atoms with E-state index in [1.54, 1.807) is 6.26 Å². The van der Waals surface area contributed by atoms with Gasteiger partial charge in [0, 0.05) is 45.1 Å². The Kier molecular flexibility index (Phi) is 5.37. The van der Waals surface area contributed by atoms with Crippen LogP contribution < -0.4 is 11.1 Å². The lowest BCUT2D eigenvalue weighted by Crippen LogP contribution is -2.16. The molecule has 0 radical (unpaired) electrons. The summed E-state index contributed by atoms with van der Waals surface area (Å²) in [4.78, 5) is 0.354. The summed E-state index contributed by atoms with van der Waals surface area (Å²) in [5.74, 6) is 0.600. The lowest BCUT2D eigenvalue weighted by atomic mass is 10.2. The van der Waals surface area contributed by atoms with Crippen LogP contribution in [0.1, 0.15) is 5.56 Å². The van der Waals surface area contributed by atoms with Gasteiger partial charge in [-0.05, 0) is 18.2 Å². The predicted molar refractivity (Wildman–Crippen MR) is 77.5 cm³/mol. The summed E-state index contributed by atoms with van der Waals surface area (Å²) in [5, 5.41) is 3.18. The zero-order chi connectivity index (χ0) is 12.1. The molecule has 0 saturated heterocycles. The molecular weight excluding hydrogens is 308 g/mol. The number of nitrogens with one attached hydrogen (secondary N) is 1. The van der Waals surface area contributed by atoms with Crippen molar-refractivity contribution in [3.05, 3.63) is 28.2 Å². The third-order valence-electron chi connectivity index (χ3n) is 1.95. The molecule has 0 aliphatic heterocycles. The van der Waals surface area contributed by atoms with E-state index in [0.29, 0.717) is 17.3 Å². The van der Waals surface area contributed by atoms with E-state index >= 15 is 0 Å². The Bertz CT molecular complexity index is 423. The van der Waals surface area contributed by atoms with Crippen LogP contribution in [0.3, 0.4) is 0 Å². The van der Waals surface area contributed by atoms with Gasteiger partial charge in [-0.3, -0.25) is 4.21 Å². The number of hydrogen-bond acceptors (Lipinski definition) is 3. The maximum Gasteiger partial charge on any atom is 0.106 e. The highest BCUT2D eigenvalue weighted by Gasteiger charge is 2.05. The lowest BCUT2D eigenvalue weighted by molar-refractivity contribution is 0.687. The van der Waals surface area contributed by atoms with Gasteiger partial charge in [0.05, 0.1) is 0 Å². The number of anilines is 1. The van der Waals surface area contributed by atoms with Gasteiger partial charge in [-0.25, -0.2) is 0 Å². The molecule has 0 aliphatic rings. The summed E-state index contributed by atoms with van der Waals surface area (Å²) < 4.78 is 11.9. The van der Waals surface area contributed by atoms with Gasteiger partial charge in [-0.1, -0.05) is 28.1 Å². The monoisotopic (exact) mass is 320 g/mol. The Morgan fingerprint density at radius 1 is 1.62 bits per heavy atom. The van der Waals surface area contributed by atoms with Gasteiger partial charge in [0.25, 0.3) is 0 Å². The van der Waals surface area contributed by atoms with Gasteiger partial charge < -0.3 is 11.1 Å². The molecular formula is C10H13BrN2OS2. The molecule has 3 N–H and O–H groups in total. The van der Waals surface area contributed by atoms with E-state index in [1.165, 1.54) is 0 Å². The molecule has 0 spiro atoms. The van der Waals surface area contributed by atoms with Gasteiger partial charge in [-0.2, -0.15) is 0 Å². The molecule has 0 bridgehead atoms. The Morgan fingerprint density at radius 2 is 2.31 bits per heavy atom. The van der Waals surface area contributed by atoms with Crippen molar-refractivity contribution in [2.24, 2.45) is 5.73 Å². The van der Waals surface area contributed by atoms with Crippen molar-refractivity contribution in [2.75, 3.05) is 23.9 Å². The zero-order valence-corrected chi connectivity index (χ0v) is 12.0.